The topological polar surface area (TPSA) is 133 Å². The molecule has 1 unspecified atom stereocenters. The Morgan fingerprint density at radius 2 is 1.69 bits per heavy atom. The summed E-state index contributed by atoms with van der Waals surface area (Å²) in [5, 5.41) is 11.4. The minimum Gasteiger partial charge on any atom is -0.463 e. The van der Waals surface area contributed by atoms with E-state index >= 15 is 0 Å². The number of esters is 1. The zero-order chi connectivity index (χ0) is 24.4. The van der Waals surface area contributed by atoms with Crippen LogP contribution in [0.15, 0.2) is 63.8 Å². The van der Waals surface area contributed by atoms with Crippen LogP contribution in [0.5, 0.6) is 0 Å². The SMILES string of the molecule is CCC(OC(=O)c1ccc2nc(-c3ccco3)c(-c3ccco3)nc2c1)C(=O)Nc1nnc(C)s1. The summed E-state index contributed by atoms with van der Waals surface area (Å²) < 4.78 is 16.6. The summed E-state index contributed by atoms with van der Waals surface area (Å²) in [6.45, 7) is 3.53. The third kappa shape index (κ3) is 4.66. The molecule has 35 heavy (non-hydrogen) atoms. The van der Waals surface area contributed by atoms with Gasteiger partial charge in [-0.05, 0) is 55.8 Å². The zero-order valence-electron chi connectivity index (χ0n) is 18.7. The molecule has 0 spiro atoms. The third-order valence-corrected chi connectivity index (χ3v) is 5.83. The highest BCUT2D eigenvalue weighted by molar-refractivity contribution is 7.15. The van der Waals surface area contributed by atoms with E-state index in [4.69, 9.17) is 18.6 Å². The van der Waals surface area contributed by atoms with Gasteiger partial charge in [0.15, 0.2) is 17.6 Å². The lowest BCUT2D eigenvalue weighted by molar-refractivity contribution is -0.124. The molecule has 1 N–H and O–H groups in total. The monoisotopic (exact) mass is 489 g/mol. The molecular weight excluding hydrogens is 470 g/mol. The standard InChI is InChI=1S/C24H19N5O5S/c1-3-17(22(30)27-24-29-28-13(2)35-24)34-23(31)14-8-9-15-16(12-14)26-21(19-7-5-11-33-19)20(25-15)18-6-4-10-32-18/h4-12,17H,3H2,1-2H3,(H,27,29,30). The van der Waals surface area contributed by atoms with Crippen molar-refractivity contribution in [2.24, 2.45) is 0 Å². The van der Waals surface area contributed by atoms with E-state index in [1.54, 1.807) is 68.8 Å². The Morgan fingerprint density at radius 1 is 1.00 bits per heavy atom. The predicted octanol–water partition coefficient (Wildman–Crippen LogP) is 4.88. The van der Waals surface area contributed by atoms with Gasteiger partial charge >= 0.3 is 5.97 Å². The van der Waals surface area contributed by atoms with Crippen molar-refractivity contribution in [1.29, 1.82) is 0 Å². The lowest BCUT2D eigenvalue weighted by Gasteiger charge is -2.15. The van der Waals surface area contributed by atoms with E-state index < -0.39 is 18.0 Å². The molecule has 4 heterocycles. The maximum absolute atomic E-state index is 12.9. The van der Waals surface area contributed by atoms with Crippen molar-refractivity contribution in [3.8, 4) is 22.9 Å². The smallest absolute Gasteiger partial charge is 0.338 e. The Hall–Kier alpha value is -4.38. The molecule has 1 amide bonds. The average molecular weight is 490 g/mol. The highest BCUT2D eigenvalue weighted by Crippen LogP contribution is 2.31. The molecule has 11 heteroatoms. The summed E-state index contributed by atoms with van der Waals surface area (Å²) in [5.74, 6) is -0.0790. The van der Waals surface area contributed by atoms with Crippen LogP contribution in [0.3, 0.4) is 0 Å². The number of ether oxygens (including phenoxy) is 1. The van der Waals surface area contributed by atoms with Gasteiger partial charge in [-0.2, -0.15) is 0 Å². The van der Waals surface area contributed by atoms with Crippen LogP contribution in [-0.4, -0.2) is 38.1 Å². The summed E-state index contributed by atoms with van der Waals surface area (Å²) in [6, 6.07) is 11.9. The average Bonchev–Trinajstić information content (AvgIpc) is 3.64. The van der Waals surface area contributed by atoms with E-state index in [1.165, 1.54) is 11.3 Å². The second-order valence-corrected chi connectivity index (χ2v) is 8.68. The van der Waals surface area contributed by atoms with Crippen molar-refractivity contribution < 1.29 is 23.2 Å². The van der Waals surface area contributed by atoms with Gasteiger partial charge in [-0.3, -0.25) is 10.1 Å². The van der Waals surface area contributed by atoms with Crippen LogP contribution in [0, 0.1) is 6.92 Å². The van der Waals surface area contributed by atoms with Gasteiger partial charge in [-0.25, -0.2) is 14.8 Å². The minimum atomic E-state index is -0.992. The van der Waals surface area contributed by atoms with Crippen LogP contribution < -0.4 is 5.32 Å². The molecule has 0 aliphatic heterocycles. The fraction of sp³-hybridized carbons (Fsp3) is 0.167. The number of aryl methyl sites for hydroxylation is 1. The first-order chi connectivity index (χ1) is 17.0. The lowest BCUT2D eigenvalue weighted by atomic mass is 10.1. The number of nitrogens with zero attached hydrogens (tertiary/aromatic N) is 4. The summed E-state index contributed by atoms with van der Waals surface area (Å²) in [4.78, 5) is 34.8. The zero-order valence-corrected chi connectivity index (χ0v) is 19.5. The number of fused-ring (bicyclic) bond motifs is 1. The Bertz CT molecular complexity index is 1490. The molecule has 1 aromatic carbocycles. The largest absolute Gasteiger partial charge is 0.463 e. The first kappa shape index (κ1) is 22.4. The highest BCUT2D eigenvalue weighted by Gasteiger charge is 2.24. The van der Waals surface area contributed by atoms with Gasteiger partial charge in [-0.15, -0.1) is 10.2 Å². The van der Waals surface area contributed by atoms with Gasteiger partial charge in [-0.1, -0.05) is 18.3 Å². The second-order valence-electron chi connectivity index (χ2n) is 7.50. The maximum Gasteiger partial charge on any atom is 0.338 e. The van der Waals surface area contributed by atoms with Gasteiger partial charge in [0, 0.05) is 0 Å². The normalized spacial score (nSPS) is 11.9. The van der Waals surface area contributed by atoms with Gasteiger partial charge in [0.25, 0.3) is 5.91 Å². The summed E-state index contributed by atoms with van der Waals surface area (Å²) in [6.07, 6.45) is 2.39. The maximum atomic E-state index is 12.9. The minimum absolute atomic E-state index is 0.237. The fourth-order valence-electron chi connectivity index (χ4n) is 3.40. The number of aromatic nitrogens is 4. The van der Waals surface area contributed by atoms with Crippen LogP contribution >= 0.6 is 11.3 Å². The van der Waals surface area contributed by atoms with Crippen LogP contribution in [0.2, 0.25) is 0 Å². The van der Waals surface area contributed by atoms with Crippen molar-refractivity contribution in [3.05, 3.63) is 65.6 Å². The number of amides is 1. The number of carbonyl (C=O) groups is 2. The Morgan fingerprint density at radius 3 is 2.26 bits per heavy atom. The van der Waals surface area contributed by atoms with E-state index in [0.29, 0.717) is 44.1 Å². The Labute approximate surface area is 203 Å². The lowest BCUT2D eigenvalue weighted by Crippen LogP contribution is -2.32. The Balaban J connectivity index is 1.43. The highest BCUT2D eigenvalue weighted by atomic mass is 32.1. The number of hydrogen-bond acceptors (Lipinski definition) is 10. The molecule has 0 fully saturated rings. The van der Waals surface area contributed by atoms with Crippen LogP contribution in [0.1, 0.15) is 28.7 Å². The van der Waals surface area contributed by atoms with E-state index in [2.05, 4.69) is 20.5 Å². The second kappa shape index (κ2) is 9.47. The summed E-state index contributed by atoms with van der Waals surface area (Å²) in [7, 11) is 0. The molecule has 4 aromatic heterocycles. The first-order valence-corrected chi connectivity index (χ1v) is 11.5. The van der Waals surface area contributed by atoms with Gasteiger partial charge in [0.2, 0.25) is 5.13 Å². The first-order valence-electron chi connectivity index (χ1n) is 10.7. The fourth-order valence-corrected chi connectivity index (χ4v) is 4.00. The molecule has 0 saturated heterocycles. The number of rotatable bonds is 7. The van der Waals surface area contributed by atoms with E-state index in [-0.39, 0.29) is 12.0 Å². The molecule has 0 radical (unpaired) electrons. The molecule has 0 aliphatic carbocycles. The third-order valence-electron chi connectivity index (χ3n) is 5.08. The number of benzene rings is 1. The van der Waals surface area contributed by atoms with E-state index in [9.17, 15) is 9.59 Å². The van der Waals surface area contributed by atoms with Crippen LogP contribution in [0.25, 0.3) is 33.9 Å². The van der Waals surface area contributed by atoms with Crippen molar-refractivity contribution >= 4 is 39.4 Å². The van der Waals surface area contributed by atoms with Gasteiger partial charge in [0.1, 0.15) is 16.4 Å². The van der Waals surface area contributed by atoms with Crippen LogP contribution in [0.4, 0.5) is 5.13 Å². The molecule has 0 aliphatic rings. The molecule has 1 atom stereocenters. The number of furan rings is 2. The van der Waals surface area contributed by atoms with E-state index in [1.807, 2.05) is 0 Å². The number of carbonyl (C=O) groups excluding carboxylic acids is 2. The Kier molecular flexibility index (Phi) is 6.06. The molecule has 176 valence electrons. The van der Waals surface area contributed by atoms with Crippen molar-refractivity contribution in [2.75, 3.05) is 5.32 Å². The molecular formula is C24H19N5O5S. The number of anilines is 1. The van der Waals surface area contributed by atoms with Crippen molar-refractivity contribution in [1.82, 2.24) is 20.2 Å². The van der Waals surface area contributed by atoms with Crippen LogP contribution in [-0.2, 0) is 9.53 Å². The summed E-state index contributed by atoms with van der Waals surface area (Å²) >= 11 is 1.24. The molecule has 10 nitrogen and oxygen atoms in total. The predicted molar refractivity (Wildman–Crippen MR) is 128 cm³/mol. The van der Waals surface area contributed by atoms with Gasteiger partial charge in [0.05, 0.1) is 29.1 Å². The van der Waals surface area contributed by atoms with Gasteiger partial charge < -0.3 is 13.6 Å². The quantitative estimate of drug-likeness (QED) is 0.317. The van der Waals surface area contributed by atoms with Crippen molar-refractivity contribution in [2.45, 2.75) is 26.4 Å². The molecule has 5 aromatic rings. The molecule has 0 bridgehead atoms. The van der Waals surface area contributed by atoms with E-state index in [0.717, 1.165) is 0 Å². The number of hydrogen-bond donors (Lipinski definition) is 1. The summed E-state index contributed by atoms with van der Waals surface area (Å²) in [5.41, 5.74) is 2.24. The number of nitrogens with one attached hydrogen (secondary N) is 1. The molecule has 0 saturated carbocycles. The van der Waals surface area contributed by atoms with Crippen molar-refractivity contribution in [3.63, 3.8) is 0 Å². The molecule has 5 rings (SSSR count).